The Bertz CT molecular complexity index is 942. The Morgan fingerprint density at radius 1 is 1.14 bits per heavy atom. The first kappa shape index (κ1) is 18.8. The van der Waals surface area contributed by atoms with Crippen molar-refractivity contribution in [2.75, 3.05) is 18.4 Å². The molecule has 2 aromatic carbocycles. The summed E-state index contributed by atoms with van der Waals surface area (Å²) >= 11 is 1.60. The number of hydrogen-bond acceptors (Lipinski definition) is 4. The summed E-state index contributed by atoms with van der Waals surface area (Å²) < 4.78 is 0. The lowest BCUT2D eigenvalue weighted by Gasteiger charge is -2.20. The van der Waals surface area contributed by atoms with Crippen LogP contribution in [0.15, 0.2) is 53.9 Å². The number of benzene rings is 2. The van der Waals surface area contributed by atoms with E-state index in [0.29, 0.717) is 11.6 Å². The summed E-state index contributed by atoms with van der Waals surface area (Å²) in [5.74, 6) is 0.325. The number of rotatable bonds is 5. The summed E-state index contributed by atoms with van der Waals surface area (Å²) in [7, 11) is 0. The zero-order chi connectivity index (χ0) is 19.3. The Morgan fingerprint density at radius 2 is 1.89 bits per heavy atom. The van der Waals surface area contributed by atoms with E-state index in [1.165, 1.54) is 5.56 Å². The highest BCUT2D eigenvalue weighted by Gasteiger charge is 2.20. The lowest BCUT2D eigenvalue weighted by atomic mass is 9.99. The van der Waals surface area contributed by atoms with Crippen LogP contribution in [0, 0.1) is 0 Å². The smallest absolute Gasteiger partial charge is 0.275 e. The van der Waals surface area contributed by atoms with Gasteiger partial charge in [-0.25, -0.2) is 4.98 Å². The number of aromatic nitrogens is 1. The van der Waals surface area contributed by atoms with Crippen LogP contribution in [0.25, 0.3) is 11.1 Å². The Morgan fingerprint density at radius 3 is 2.64 bits per heavy atom. The molecular formula is C23H25N3OS. The lowest BCUT2D eigenvalue weighted by Crippen LogP contribution is -2.26. The molecule has 0 spiro atoms. The van der Waals surface area contributed by atoms with Crippen LogP contribution in [-0.4, -0.2) is 24.0 Å². The van der Waals surface area contributed by atoms with Gasteiger partial charge in [-0.1, -0.05) is 49.4 Å². The van der Waals surface area contributed by atoms with Crippen molar-refractivity contribution in [1.82, 2.24) is 10.3 Å². The number of nitrogens with one attached hydrogen (secondary N) is 2. The molecule has 1 aliphatic rings. The van der Waals surface area contributed by atoms with Crippen molar-refractivity contribution < 1.29 is 4.79 Å². The van der Waals surface area contributed by atoms with Gasteiger partial charge in [-0.3, -0.25) is 4.79 Å². The summed E-state index contributed by atoms with van der Waals surface area (Å²) in [6.07, 6.45) is 3.19. The maximum atomic E-state index is 12.8. The van der Waals surface area contributed by atoms with Crippen LogP contribution in [0.2, 0.25) is 0 Å². The minimum atomic E-state index is -0.144. The van der Waals surface area contributed by atoms with Crippen LogP contribution >= 0.6 is 11.3 Å². The van der Waals surface area contributed by atoms with Crippen molar-refractivity contribution in [1.29, 1.82) is 0 Å². The third kappa shape index (κ3) is 4.16. The molecule has 2 heterocycles. The van der Waals surface area contributed by atoms with Crippen molar-refractivity contribution in [2.24, 2.45) is 0 Å². The highest BCUT2D eigenvalue weighted by atomic mass is 32.1. The van der Waals surface area contributed by atoms with Gasteiger partial charge in [-0.15, -0.1) is 11.3 Å². The van der Waals surface area contributed by atoms with Crippen molar-refractivity contribution in [3.05, 3.63) is 70.2 Å². The first-order valence-corrected chi connectivity index (χ1v) is 10.8. The van der Waals surface area contributed by atoms with Gasteiger partial charge < -0.3 is 10.6 Å². The first-order chi connectivity index (χ1) is 13.7. The number of piperidine rings is 1. The summed E-state index contributed by atoms with van der Waals surface area (Å²) in [4.78, 5) is 17.4. The Kier molecular flexibility index (Phi) is 5.84. The fraction of sp³-hybridized carbons (Fsp3) is 0.304. The van der Waals surface area contributed by atoms with Crippen molar-refractivity contribution in [2.45, 2.75) is 32.1 Å². The molecule has 4 rings (SSSR count). The third-order valence-electron chi connectivity index (χ3n) is 5.29. The molecule has 3 aromatic rings. The highest BCUT2D eigenvalue weighted by Crippen LogP contribution is 2.30. The number of amides is 1. The second-order valence-corrected chi connectivity index (χ2v) is 8.04. The molecule has 0 bridgehead atoms. The average Bonchev–Trinajstić information content (AvgIpc) is 3.25. The molecule has 2 N–H and O–H groups in total. The monoisotopic (exact) mass is 391 g/mol. The molecular weight excluding hydrogens is 366 g/mol. The molecule has 1 aliphatic heterocycles. The third-order valence-corrected chi connectivity index (χ3v) is 6.30. The van der Waals surface area contributed by atoms with Crippen LogP contribution in [0.1, 0.15) is 46.7 Å². The number of para-hydroxylation sites is 1. The van der Waals surface area contributed by atoms with Crippen LogP contribution in [0.5, 0.6) is 0 Å². The van der Waals surface area contributed by atoms with Crippen molar-refractivity contribution in [3.8, 4) is 11.1 Å². The van der Waals surface area contributed by atoms with Crippen LogP contribution < -0.4 is 10.6 Å². The second-order valence-electron chi connectivity index (χ2n) is 7.15. The van der Waals surface area contributed by atoms with E-state index in [2.05, 4.69) is 46.8 Å². The van der Waals surface area contributed by atoms with Gasteiger partial charge in [-0.05, 0) is 49.5 Å². The van der Waals surface area contributed by atoms with E-state index in [9.17, 15) is 4.79 Å². The Hall–Kier alpha value is -2.50. The lowest BCUT2D eigenvalue weighted by molar-refractivity contribution is 0.102. The van der Waals surface area contributed by atoms with Gasteiger partial charge in [0.1, 0.15) is 5.69 Å². The fourth-order valence-electron chi connectivity index (χ4n) is 3.60. The standard InChI is InChI=1S/C23H25N3OS/c1-2-16-7-9-17(10-8-16)19-5-3-4-6-20(19)25-22(27)21-15-28-23(26-21)18-11-13-24-14-12-18/h3-10,15,18,24H,2,11-14H2,1H3,(H,25,27). The number of anilines is 1. The van der Waals surface area contributed by atoms with Crippen molar-refractivity contribution in [3.63, 3.8) is 0 Å². The van der Waals surface area contributed by atoms with E-state index in [0.717, 1.165) is 54.2 Å². The predicted molar refractivity (Wildman–Crippen MR) is 116 cm³/mol. The van der Waals surface area contributed by atoms with Crippen molar-refractivity contribution >= 4 is 22.9 Å². The van der Waals surface area contributed by atoms with Crippen LogP contribution in [0.4, 0.5) is 5.69 Å². The molecule has 0 saturated carbocycles. The second kappa shape index (κ2) is 8.67. The van der Waals surface area contributed by atoms with Crippen LogP contribution in [0.3, 0.4) is 0 Å². The molecule has 144 valence electrons. The number of thiazole rings is 1. The molecule has 28 heavy (non-hydrogen) atoms. The molecule has 0 atom stereocenters. The fourth-order valence-corrected chi connectivity index (χ4v) is 4.57. The van der Waals surface area contributed by atoms with E-state index >= 15 is 0 Å². The Labute approximate surface area is 170 Å². The number of carbonyl (C=O) groups is 1. The van der Waals surface area contributed by atoms with E-state index in [4.69, 9.17) is 0 Å². The van der Waals surface area contributed by atoms with Gasteiger partial charge in [0.05, 0.1) is 5.01 Å². The molecule has 0 unspecified atom stereocenters. The maximum absolute atomic E-state index is 12.8. The first-order valence-electron chi connectivity index (χ1n) is 9.90. The average molecular weight is 392 g/mol. The van der Waals surface area contributed by atoms with Gasteiger partial charge in [0.15, 0.2) is 0 Å². The highest BCUT2D eigenvalue weighted by molar-refractivity contribution is 7.10. The zero-order valence-electron chi connectivity index (χ0n) is 16.1. The predicted octanol–water partition coefficient (Wildman–Crippen LogP) is 5.09. The topological polar surface area (TPSA) is 54.0 Å². The van der Waals surface area contributed by atoms with Gasteiger partial charge in [-0.2, -0.15) is 0 Å². The van der Waals surface area contributed by atoms with Gasteiger partial charge in [0.2, 0.25) is 0 Å². The molecule has 1 aromatic heterocycles. The van der Waals surface area contributed by atoms with E-state index in [1.807, 2.05) is 29.6 Å². The summed E-state index contributed by atoms with van der Waals surface area (Å²) in [6, 6.07) is 16.4. The molecule has 1 amide bonds. The Balaban J connectivity index is 1.52. The van der Waals surface area contributed by atoms with E-state index in [-0.39, 0.29) is 5.91 Å². The summed E-state index contributed by atoms with van der Waals surface area (Å²) in [5.41, 5.74) is 4.75. The van der Waals surface area contributed by atoms with Gasteiger partial charge in [0.25, 0.3) is 5.91 Å². The minimum absolute atomic E-state index is 0.144. The quantitative estimate of drug-likeness (QED) is 0.637. The molecule has 0 radical (unpaired) electrons. The van der Waals surface area contributed by atoms with E-state index in [1.54, 1.807) is 11.3 Å². The normalized spacial score (nSPS) is 14.8. The van der Waals surface area contributed by atoms with Gasteiger partial charge in [0, 0.05) is 22.5 Å². The number of aryl methyl sites for hydroxylation is 1. The van der Waals surface area contributed by atoms with Gasteiger partial charge >= 0.3 is 0 Å². The number of nitrogens with zero attached hydrogens (tertiary/aromatic N) is 1. The minimum Gasteiger partial charge on any atom is -0.320 e. The summed E-state index contributed by atoms with van der Waals surface area (Å²) in [5, 5.41) is 9.40. The SMILES string of the molecule is CCc1ccc(-c2ccccc2NC(=O)c2csc(C3CCNCC3)n2)cc1. The molecule has 1 saturated heterocycles. The number of carbonyl (C=O) groups excluding carboxylic acids is 1. The molecule has 5 heteroatoms. The molecule has 1 fully saturated rings. The zero-order valence-corrected chi connectivity index (χ0v) is 16.9. The largest absolute Gasteiger partial charge is 0.320 e. The maximum Gasteiger partial charge on any atom is 0.275 e. The van der Waals surface area contributed by atoms with E-state index < -0.39 is 0 Å². The van der Waals surface area contributed by atoms with Crippen LogP contribution in [-0.2, 0) is 6.42 Å². The molecule has 4 nitrogen and oxygen atoms in total. The number of hydrogen-bond donors (Lipinski definition) is 2. The molecule has 0 aliphatic carbocycles. The summed E-state index contributed by atoms with van der Waals surface area (Å²) in [6.45, 7) is 4.20.